The molecule has 1 aliphatic rings. The lowest BCUT2D eigenvalue weighted by atomic mass is 10.1. The van der Waals surface area contributed by atoms with Gasteiger partial charge in [-0.3, -0.25) is 0 Å². The Morgan fingerprint density at radius 2 is 2.31 bits per heavy atom. The number of nitrogens with two attached hydrogens (primary N) is 1. The molecule has 1 aromatic carbocycles. The van der Waals surface area contributed by atoms with E-state index in [9.17, 15) is 0 Å². The normalized spacial score (nSPS) is 18.5. The van der Waals surface area contributed by atoms with Gasteiger partial charge in [0.2, 0.25) is 0 Å². The quantitative estimate of drug-likeness (QED) is 0.434. The number of hydrogen-bond donors (Lipinski definition) is 2. The Morgan fingerprint density at radius 1 is 1.50 bits per heavy atom. The molecule has 0 aromatic heterocycles. The largest absolute Gasteiger partial charge is 0.363 e. The standard InChI is InChI=1S/C10H8BrN5/c11-7-1-2-8-6(3-7)5-14-10(15-16-13)9(8)4-12/h1-3,5,10,14H,(H2,13,15). The van der Waals surface area contributed by atoms with Gasteiger partial charge in [-0.2, -0.15) is 5.26 Å². The van der Waals surface area contributed by atoms with Gasteiger partial charge in [-0.1, -0.05) is 27.2 Å². The van der Waals surface area contributed by atoms with Crippen molar-refractivity contribution in [1.82, 2.24) is 5.32 Å². The molecule has 1 atom stereocenters. The fraction of sp³-hybridized carbons (Fsp3) is 0.100. The summed E-state index contributed by atoms with van der Waals surface area (Å²) in [6.07, 6.45) is 1.30. The highest BCUT2D eigenvalue weighted by Crippen LogP contribution is 2.07. The summed E-state index contributed by atoms with van der Waals surface area (Å²) in [5, 5.41) is 20.8. The third-order valence-electron chi connectivity index (χ3n) is 2.28. The van der Waals surface area contributed by atoms with Crippen molar-refractivity contribution in [1.29, 1.82) is 5.26 Å². The molecule has 3 N–H and O–H groups in total. The van der Waals surface area contributed by atoms with Crippen molar-refractivity contribution < 1.29 is 0 Å². The van der Waals surface area contributed by atoms with Crippen molar-refractivity contribution >= 4 is 27.7 Å². The molecule has 0 saturated heterocycles. The Hall–Kier alpha value is -1.87. The summed E-state index contributed by atoms with van der Waals surface area (Å²) in [6.45, 7) is 0. The van der Waals surface area contributed by atoms with Gasteiger partial charge in [0.15, 0.2) is 6.17 Å². The maximum absolute atomic E-state index is 9.11. The molecule has 0 fully saturated rings. The van der Waals surface area contributed by atoms with E-state index in [1.165, 1.54) is 0 Å². The number of fused-ring (bicyclic) bond motifs is 1. The molecule has 2 rings (SSSR count). The van der Waals surface area contributed by atoms with Gasteiger partial charge in [0.1, 0.15) is 0 Å². The summed E-state index contributed by atoms with van der Waals surface area (Å²) in [6, 6.07) is 7.80. The fourth-order valence-electron chi connectivity index (χ4n) is 1.58. The lowest BCUT2D eigenvalue weighted by molar-refractivity contribution is 0.713. The van der Waals surface area contributed by atoms with E-state index in [2.05, 4.69) is 37.7 Å². The first-order valence-electron chi connectivity index (χ1n) is 4.52. The summed E-state index contributed by atoms with van der Waals surface area (Å²) >= 11 is 3.38. The highest BCUT2D eigenvalue weighted by molar-refractivity contribution is 9.10. The molecule has 80 valence electrons. The van der Waals surface area contributed by atoms with Crippen molar-refractivity contribution in [2.75, 3.05) is 0 Å². The van der Waals surface area contributed by atoms with Gasteiger partial charge in [-0.15, -0.1) is 5.11 Å². The highest BCUT2D eigenvalue weighted by Gasteiger charge is 2.16. The van der Waals surface area contributed by atoms with E-state index in [1.54, 1.807) is 6.20 Å². The third kappa shape index (κ3) is 1.77. The number of benzene rings is 1. The highest BCUT2D eigenvalue weighted by atomic mass is 79.9. The van der Waals surface area contributed by atoms with E-state index in [0.29, 0.717) is 5.57 Å². The first kappa shape index (κ1) is 10.6. The van der Waals surface area contributed by atoms with E-state index in [1.807, 2.05) is 18.2 Å². The van der Waals surface area contributed by atoms with Crippen molar-refractivity contribution in [3.8, 4) is 6.07 Å². The molecule has 0 amide bonds. The lowest BCUT2D eigenvalue weighted by Gasteiger charge is -2.14. The molecule has 16 heavy (non-hydrogen) atoms. The van der Waals surface area contributed by atoms with Crippen LogP contribution in [0.25, 0.3) is 11.8 Å². The zero-order valence-corrected chi connectivity index (χ0v) is 9.77. The Kier molecular flexibility index (Phi) is 2.88. The number of nitriles is 1. The molecule has 1 unspecified atom stereocenters. The van der Waals surface area contributed by atoms with Crippen LogP contribution >= 0.6 is 15.9 Å². The van der Waals surface area contributed by atoms with Gasteiger partial charge < -0.3 is 11.2 Å². The zero-order valence-electron chi connectivity index (χ0n) is 8.18. The molecule has 1 heterocycles. The molecule has 1 aromatic rings. The average Bonchev–Trinajstić information content (AvgIpc) is 2.29. The molecule has 1 aliphatic heterocycles. The van der Waals surface area contributed by atoms with Crippen LogP contribution in [0.3, 0.4) is 0 Å². The zero-order chi connectivity index (χ0) is 11.5. The van der Waals surface area contributed by atoms with Crippen LogP contribution in [0.2, 0.25) is 0 Å². The molecule has 0 spiro atoms. The predicted octanol–water partition coefficient (Wildman–Crippen LogP) is 0.117. The second kappa shape index (κ2) is 4.33. The van der Waals surface area contributed by atoms with Crippen molar-refractivity contribution in [3.63, 3.8) is 0 Å². The summed E-state index contributed by atoms with van der Waals surface area (Å²) in [4.78, 5) is 0. The SMILES string of the molecule is N#CC1=c2ccc(Br)cc2=CNC1N=NN. The van der Waals surface area contributed by atoms with Crippen LogP contribution in [0.5, 0.6) is 0 Å². The molecular weight excluding hydrogens is 270 g/mol. The van der Waals surface area contributed by atoms with E-state index in [4.69, 9.17) is 11.1 Å². The van der Waals surface area contributed by atoms with E-state index >= 15 is 0 Å². The molecule has 0 saturated carbocycles. The average molecular weight is 278 g/mol. The Balaban J connectivity index is 2.73. The molecule has 0 aliphatic carbocycles. The Labute approximate surface area is 100 Å². The lowest BCUT2D eigenvalue weighted by Crippen LogP contribution is -2.41. The van der Waals surface area contributed by atoms with Crippen LogP contribution in [-0.4, -0.2) is 6.17 Å². The van der Waals surface area contributed by atoms with Crippen LogP contribution in [0, 0.1) is 11.3 Å². The third-order valence-corrected chi connectivity index (χ3v) is 2.77. The van der Waals surface area contributed by atoms with Crippen molar-refractivity contribution in [2.45, 2.75) is 6.17 Å². The minimum Gasteiger partial charge on any atom is -0.363 e. The van der Waals surface area contributed by atoms with Crippen molar-refractivity contribution in [3.05, 3.63) is 33.1 Å². The number of halogens is 1. The van der Waals surface area contributed by atoms with E-state index in [-0.39, 0.29) is 0 Å². The van der Waals surface area contributed by atoms with Gasteiger partial charge in [-0.25, -0.2) is 0 Å². The minimum atomic E-state index is -0.497. The van der Waals surface area contributed by atoms with E-state index in [0.717, 1.165) is 14.9 Å². The topological polar surface area (TPSA) is 86.6 Å². The first-order valence-corrected chi connectivity index (χ1v) is 5.31. The number of hydrogen-bond acceptors (Lipinski definition) is 4. The second-order valence-corrected chi connectivity index (χ2v) is 4.12. The van der Waals surface area contributed by atoms with Gasteiger partial charge in [-0.05, 0) is 17.4 Å². The Bertz CT molecular complexity index is 599. The van der Waals surface area contributed by atoms with Crippen LogP contribution < -0.4 is 21.6 Å². The maximum atomic E-state index is 9.11. The van der Waals surface area contributed by atoms with Crippen LogP contribution in [-0.2, 0) is 0 Å². The van der Waals surface area contributed by atoms with Gasteiger partial charge >= 0.3 is 0 Å². The van der Waals surface area contributed by atoms with Gasteiger partial charge in [0.25, 0.3) is 0 Å². The molecule has 6 heteroatoms. The molecule has 5 nitrogen and oxygen atoms in total. The van der Waals surface area contributed by atoms with Crippen LogP contribution in [0.1, 0.15) is 0 Å². The maximum Gasteiger partial charge on any atom is 0.177 e. The van der Waals surface area contributed by atoms with Crippen molar-refractivity contribution in [2.24, 2.45) is 16.2 Å². The minimum absolute atomic E-state index is 0.497. The summed E-state index contributed by atoms with van der Waals surface area (Å²) < 4.78 is 0.959. The van der Waals surface area contributed by atoms with Gasteiger partial charge in [0.05, 0.1) is 11.6 Å². The number of nitrogens with one attached hydrogen (secondary N) is 1. The Morgan fingerprint density at radius 3 is 3.00 bits per heavy atom. The summed E-state index contributed by atoms with van der Waals surface area (Å²) in [7, 11) is 0. The fourth-order valence-corrected chi connectivity index (χ4v) is 1.96. The first-order chi connectivity index (χ1) is 7.76. The predicted molar refractivity (Wildman–Crippen MR) is 62.8 cm³/mol. The smallest absolute Gasteiger partial charge is 0.177 e. The van der Waals surface area contributed by atoms with E-state index < -0.39 is 6.17 Å². The molecular formula is C10H8BrN5. The van der Waals surface area contributed by atoms with Gasteiger partial charge in [0, 0.05) is 15.9 Å². The number of nitrogens with zero attached hydrogens (tertiary/aromatic N) is 3. The monoisotopic (exact) mass is 277 g/mol. The van der Waals surface area contributed by atoms with Crippen LogP contribution in [0.4, 0.5) is 0 Å². The summed E-state index contributed by atoms with van der Waals surface area (Å²) in [5.74, 6) is 4.99. The molecule has 0 bridgehead atoms. The molecule has 0 radical (unpaired) electrons. The second-order valence-electron chi connectivity index (χ2n) is 3.20. The number of rotatable bonds is 1. The summed E-state index contributed by atoms with van der Waals surface area (Å²) in [5.41, 5.74) is 0.513. The van der Waals surface area contributed by atoms with Crippen LogP contribution in [0.15, 0.2) is 33.0 Å².